The second-order valence-corrected chi connectivity index (χ2v) is 8.69. The van der Waals surface area contributed by atoms with Crippen molar-refractivity contribution in [3.63, 3.8) is 0 Å². The fourth-order valence-electron chi connectivity index (χ4n) is 5.19. The summed E-state index contributed by atoms with van der Waals surface area (Å²) in [6.07, 6.45) is 4.91. The Balaban J connectivity index is 1.59. The molecule has 36 heavy (non-hydrogen) atoms. The van der Waals surface area contributed by atoms with Crippen molar-refractivity contribution in [2.75, 3.05) is 19.1 Å². The van der Waals surface area contributed by atoms with E-state index in [0.29, 0.717) is 17.1 Å². The average Bonchev–Trinajstić information content (AvgIpc) is 3.35. The molecule has 0 bridgehead atoms. The number of anilines is 1. The number of benzene rings is 2. The number of carbonyl (C=O) groups excluding carboxylic acids is 3. The molecule has 0 N–H and O–H groups in total. The number of methoxy groups -OCH3 is 2. The number of hydrazone groups is 1. The van der Waals surface area contributed by atoms with Crippen molar-refractivity contribution in [2.24, 2.45) is 16.9 Å². The lowest BCUT2D eigenvalue weighted by molar-refractivity contribution is -0.384. The van der Waals surface area contributed by atoms with Crippen LogP contribution in [0.3, 0.4) is 0 Å². The lowest BCUT2D eigenvalue weighted by atomic mass is 9.86. The van der Waals surface area contributed by atoms with Gasteiger partial charge in [-0.05, 0) is 36.8 Å². The zero-order chi connectivity index (χ0) is 25.7. The van der Waals surface area contributed by atoms with Gasteiger partial charge in [-0.25, -0.2) is 4.90 Å². The largest absolute Gasteiger partial charge is 0.493 e. The first kappa shape index (κ1) is 23.2. The highest BCUT2D eigenvalue weighted by atomic mass is 16.6. The molecule has 11 heteroatoms. The molecule has 0 radical (unpaired) electrons. The maximum Gasteiger partial charge on any atom is 0.271 e. The number of non-ortho nitro benzene ring substituents is 1. The third-order valence-electron chi connectivity index (χ3n) is 6.87. The van der Waals surface area contributed by atoms with E-state index in [1.807, 2.05) is 0 Å². The van der Waals surface area contributed by atoms with Crippen molar-refractivity contribution in [1.82, 2.24) is 5.01 Å². The van der Waals surface area contributed by atoms with Crippen LogP contribution in [0.1, 0.15) is 15.9 Å². The summed E-state index contributed by atoms with van der Waals surface area (Å²) in [6.45, 7) is 1.66. The number of Topliss-reactive ketones (excluding diaryl/α,β-unsaturated/α-hetero) is 1. The number of hydrogen-bond donors (Lipinski definition) is 0. The Hall–Kier alpha value is -4.54. The standard InChI is InChI=1S/C25H22N4O7/c1-13-6-8-15(29(33)34)12-17(13)27-24(31)20-16-5-4-10-26-28(16)22(21(20)25(27)32)23(30)14-7-9-18(35-2)19(11-14)36-3/h4-12,16,20-22H,1-3H3. The number of hydrogen-bond acceptors (Lipinski definition) is 9. The molecule has 3 aliphatic heterocycles. The lowest BCUT2D eigenvalue weighted by Crippen LogP contribution is -2.46. The number of aryl methyl sites for hydroxylation is 1. The SMILES string of the molecule is COc1ccc(C(=O)C2C3C(=O)N(c4cc([N+](=O)[O-])ccc4C)C(=O)C3C3C=CC=NN32)cc1OC. The number of nitro groups is 1. The summed E-state index contributed by atoms with van der Waals surface area (Å²) in [5.74, 6) is -2.63. The highest BCUT2D eigenvalue weighted by Gasteiger charge is 2.64. The van der Waals surface area contributed by atoms with Crippen molar-refractivity contribution < 1.29 is 28.8 Å². The summed E-state index contributed by atoms with van der Waals surface area (Å²) in [7, 11) is 2.93. The normalized spacial score (nSPS) is 24.1. The van der Waals surface area contributed by atoms with Gasteiger partial charge < -0.3 is 9.47 Å². The first-order valence-corrected chi connectivity index (χ1v) is 11.2. The van der Waals surface area contributed by atoms with Crippen molar-refractivity contribution in [3.8, 4) is 11.5 Å². The molecular weight excluding hydrogens is 468 g/mol. The van der Waals surface area contributed by atoms with Crippen LogP contribution in [0.2, 0.25) is 0 Å². The van der Waals surface area contributed by atoms with Gasteiger partial charge in [0.05, 0.1) is 42.7 Å². The molecule has 11 nitrogen and oxygen atoms in total. The zero-order valence-electron chi connectivity index (χ0n) is 19.7. The van der Waals surface area contributed by atoms with Crippen molar-refractivity contribution in [2.45, 2.75) is 19.0 Å². The van der Waals surface area contributed by atoms with Crippen LogP contribution in [0.25, 0.3) is 0 Å². The summed E-state index contributed by atoms with van der Waals surface area (Å²) < 4.78 is 10.6. The Morgan fingerprint density at radius 1 is 1.03 bits per heavy atom. The predicted octanol–water partition coefficient (Wildman–Crippen LogP) is 2.52. The van der Waals surface area contributed by atoms with Gasteiger partial charge in [0.2, 0.25) is 11.8 Å². The number of imide groups is 1. The summed E-state index contributed by atoms with van der Waals surface area (Å²) in [6, 6.07) is 7.03. The Morgan fingerprint density at radius 3 is 2.44 bits per heavy atom. The van der Waals surface area contributed by atoms with Crippen LogP contribution in [0, 0.1) is 28.9 Å². The maximum absolute atomic E-state index is 13.8. The third kappa shape index (κ3) is 3.35. The summed E-state index contributed by atoms with van der Waals surface area (Å²) in [4.78, 5) is 53.0. The van der Waals surface area contributed by atoms with Crippen LogP contribution >= 0.6 is 0 Å². The Bertz CT molecular complexity index is 1370. The van der Waals surface area contributed by atoms with E-state index >= 15 is 0 Å². The molecule has 0 saturated carbocycles. The Morgan fingerprint density at radius 2 is 1.75 bits per heavy atom. The highest BCUT2D eigenvalue weighted by Crippen LogP contribution is 2.47. The molecule has 3 aliphatic rings. The van der Waals surface area contributed by atoms with Crippen LogP contribution < -0.4 is 14.4 Å². The summed E-state index contributed by atoms with van der Waals surface area (Å²) in [5.41, 5.74) is 0.696. The van der Waals surface area contributed by atoms with Gasteiger partial charge in [-0.3, -0.25) is 29.5 Å². The second-order valence-electron chi connectivity index (χ2n) is 8.69. The van der Waals surface area contributed by atoms with E-state index in [1.54, 1.807) is 31.2 Å². The molecular formula is C25H22N4O7. The molecule has 4 atom stereocenters. The molecule has 0 aliphatic carbocycles. The molecule has 2 aromatic rings. The number of amides is 2. The molecule has 5 rings (SSSR count). The van der Waals surface area contributed by atoms with Gasteiger partial charge >= 0.3 is 0 Å². The van der Waals surface area contributed by atoms with E-state index in [4.69, 9.17) is 9.47 Å². The summed E-state index contributed by atoms with van der Waals surface area (Å²) >= 11 is 0. The molecule has 2 aromatic carbocycles. The van der Waals surface area contributed by atoms with Gasteiger partial charge in [-0.2, -0.15) is 5.10 Å². The third-order valence-corrected chi connectivity index (χ3v) is 6.87. The van der Waals surface area contributed by atoms with Crippen LogP contribution in [-0.2, 0) is 9.59 Å². The van der Waals surface area contributed by atoms with E-state index < -0.39 is 46.4 Å². The monoisotopic (exact) mass is 490 g/mol. The Labute approximate surface area is 205 Å². The van der Waals surface area contributed by atoms with Crippen LogP contribution in [0.15, 0.2) is 53.7 Å². The number of carbonyl (C=O) groups is 3. The van der Waals surface area contributed by atoms with E-state index in [1.165, 1.54) is 49.7 Å². The minimum atomic E-state index is -1.06. The van der Waals surface area contributed by atoms with Crippen molar-refractivity contribution in [3.05, 3.63) is 69.8 Å². The number of nitrogens with zero attached hydrogens (tertiary/aromatic N) is 4. The van der Waals surface area contributed by atoms with Gasteiger partial charge in [0.1, 0.15) is 6.04 Å². The molecule has 0 spiro atoms. The zero-order valence-corrected chi connectivity index (χ0v) is 19.7. The minimum absolute atomic E-state index is 0.140. The van der Waals surface area contributed by atoms with Crippen molar-refractivity contribution in [1.29, 1.82) is 0 Å². The van der Waals surface area contributed by atoms with Crippen LogP contribution in [0.4, 0.5) is 11.4 Å². The van der Waals surface area contributed by atoms with Gasteiger partial charge in [0.25, 0.3) is 5.69 Å². The predicted molar refractivity (Wildman–Crippen MR) is 128 cm³/mol. The first-order chi connectivity index (χ1) is 17.3. The highest BCUT2D eigenvalue weighted by molar-refractivity contribution is 6.25. The quantitative estimate of drug-likeness (QED) is 0.261. The smallest absolute Gasteiger partial charge is 0.271 e. The van der Waals surface area contributed by atoms with Crippen molar-refractivity contribution >= 4 is 35.2 Å². The number of rotatable bonds is 6. The van der Waals surface area contributed by atoms with E-state index in [0.717, 1.165) is 4.90 Å². The minimum Gasteiger partial charge on any atom is -0.493 e. The molecule has 3 heterocycles. The Kier molecular flexibility index (Phi) is 5.54. The summed E-state index contributed by atoms with van der Waals surface area (Å²) in [5, 5.41) is 17.2. The van der Waals surface area contributed by atoms with Crippen LogP contribution in [-0.4, -0.2) is 60.0 Å². The van der Waals surface area contributed by atoms with Gasteiger partial charge in [0, 0.05) is 23.9 Å². The topological polar surface area (TPSA) is 132 Å². The second kappa shape index (κ2) is 8.59. The van der Waals surface area contributed by atoms with Gasteiger partial charge in [-0.1, -0.05) is 12.1 Å². The fourth-order valence-corrected chi connectivity index (χ4v) is 5.19. The molecule has 4 unspecified atom stereocenters. The molecule has 0 aromatic heterocycles. The number of ether oxygens (including phenoxy) is 2. The van der Waals surface area contributed by atoms with Gasteiger partial charge in [-0.15, -0.1) is 0 Å². The fraction of sp³-hybridized carbons (Fsp3) is 0.280. The van der Waals surface area contributed by atoms with E-state index in [9.17, 15) is 24.5 Å². The van der Waals surface area contributed by atoms with Gasteiger partial charge in [0.15, 0.2) is 17.3 Å². The lowest BCUT2D eigenvalue weighted by Gasteiger charge is -2.30. The number of nitro benzene ring substituents is 1. The molecule has 184 valence electrons. The number of allylic oxidation sites excluding steroid dienone is 1. The average molecular weight is 490 g/mol. The van der Waals surface area contributed by atoms with Crippen LogP contribution in [0.5, 0.6) is 11.5 Å². The van der Waals surface area contributed by atoms with E-state index in [2.05, 4.69) is 5.10 Å². The molecule has 2 saturated heterocycles. The molecule has 2 amide bonds. The number of fused-ring (bicyclic) bond motifs is 3. The van der Waals surface area contributed by atoms with E-state index in [-0.39, 0.29) is 16.9 Å². The number of ketones is 1. The maximum atomic E-state index is 13.8. The first-order valence-electron chi connectivity index (χ1n) is 11.2. The molecule has 2 fully saturated rings.